The zero-order valence-corrected chi connectivity index (χ0v) is 10.3. The minimum atomic E-state index is 0.201. The van der Waals surface area contributed by atoms with Gasteiger partial charge in [0.1, 0.15) is 0 Å². The van der Waals surface area contributed by atoms with Gasteiger partial charge < -0.3 is 0 Å². The summed E-state index contributed by atoms with van der Waals surface area (Å²) in [7, 11) is 0. The van der Waals surface area contributed by atoms with Gasteiger partial charge in [0.05, 0.1) is 0 Å². The van der Waals surface area contributed by atoms with Crippen molar-refractivity contribution in [2.45, 2.75) is 39.0 Å². The van der Waals surface area contributed by atoms with E-state index in [1.165, 1.54) is 29.5 Å². The highest BCUT2D eigenvalue weighted by atomic mass is 14.4. The Morgan fingerprint density at radius 3 is 2.69 bits per heavy atom. The third-order valence-corrected chi connectivity index (χ3v) is 4.09. The van der Waals surface area contributed by atoms with Gasteiger partial charge in [0.15, 0.2) is 0 Å². The van der Waals surface area contributed by atoms with Gasteiger partial charge in [0, 0.05) is 5.41 Å². The molecule has 0 aliphatic heterocycles. The molecule has 0 spiro atoms. The van der Waals surface area contributed by atoms with Gasteiger partial charge in [0.25, 0.3) is 0 Å². The Morgan fingerprint density at radius 1 is 1.12 bits per heavy atom. The van der Waals surface area contributed by atoms with Crippen molar-refractivity contribution >= 4 is 5.57 Å². The summed E-state index contributed by atoms with van der Waals surface area (Å²) in [6, 6.07) is 8.91. The van der Waals surface area contributed by atoms with Crippen LogP contribution in [0.3, 0.4) is 0 Å². The molecule has 16 heavy (non-hydrogen) atoms. The summed E-state index contributed by atoms with van der Waals surface area (Å²) in [6.45, 7) is 6.98. The van der Waals surface area contributed by atoms with Crippen molar-refractivity contribution in [3.8, 4) is 0 Å². The lowest BCUT2D eigenvalue weighted by Crippen LogP contribution is -2.18. The van der Waals surface area contributed by atoms with Crippen LogP contribution in [-0.4, -0.2) is 0 Å². The third kappa shape index (κ3) is 1.10. The molecule has 0 aromatic heterocycles. The highest BCUT2D eigenvalue weighted by molar-refractivity contribution is 5.84. The van der Waals surface area contributed by atoms with Gasteiger partial charge in [-0.05, 0) is 42.0 Å². The Kier molecular flexibility index (Phi) is 1.92. The number of fused-ring (bicyclic) bond motifs is 2. The predicted molar refractivity (Wildman–Crippen MR) is 69.4 cm³/mol. The lowest BCUT2D eigenvalue weighted by atomic mass is 9.77. The van der Waals surface area contributed by atoms with Crippen molar-refractivity contribution in [1.82, 2.24) is 0 Å². The van der Waals surface area contributed by atoms with Crippen LogP contribution in [0.15, 0.2) is 41.5 Å². The maximum Gasteiger partial charge on any atom is 0.0158 e. The van der Waals surface area contributed by atoms with Crippen LogP contribution in [0.1, 0.15) is 44.7 Å². The predicted octanol–water partition coefficient (Wildman–Crippen LogP) is 4.47. The summed E-state index contributed by atoms with van der Waals surface area (Å²) in [5.41, 5.74) is 7.88. The summed E-state index contributed by atoms with van der Waals surface area (Å²) in [5, 5.41) is 0. The molecule has 0 saturated carbocycles. The monoisotopic (exact) mass is 210 g/mol. The zero-order valence-electron chi connectivity index (χ0n) is 10.3. The van der Waals surface area contributed by atoms with Crippen LogP contribution in [0.25, 0.3) is 5.57 Å². The Bertz CT molecular complexity index is 513. The van der Waals surface area contributed by atoms with Gasteiger partial charge in [-0.3, -0.25) is 0 Å². The molecule has 0 atom stereocenters. The van der Waals surface area contributed by atoms with Gasteiger partial charge in [-0.1, -0.05) is 49.8 Å². The molecular weight excluding hydrogens is 192 g/mol. The maximum absolute atomic E-state index is 2.40. The minimum Gasteiger partial charge on any atom is -0.0809 e. The normalized spacial score (nSPS) is 21.6. The molecule has 3 rings (SSSR count). The molecule has 0 saturated heterocycles. The van der Waals surface area contributed by atoms with Gasteiger partial charge in [-0.25, -0.2) is 0 Å². The Balaban J connectivity index is 2.31. The summed E-state index contributed by atoms with van der Waals surface area (Å²) in [4.78, 5) is 0. The largest absolute Gasteiger partial charge is 0.0809 e. The Labute approximate surface area is 97.7 Å². The van der Waals surface area contributed by atoms with E-state index in [1.807, 2.05) is 0 Å². The van der Waals surface area contributed by atoms with E-state index in [9.17, 15) is 0 Å². The second-order valence-electron chi connectivity index (χ2n) is 5.45. The summed E-state index contributed by atoms with van der Waals surface area (Å²) >= 11 is 0. The highest BCUT2D eigenvalue weighted by Gasteiger charge is 2.38. The van der Waals surface area contributed by atoms with E-state index < -0.39 is 0 Å². The number of benzene rings is 1. The van der Waals surface area contributed by atoms with Crippen LogP contribution in [0.2, 0.25) is 0 Å². The Hall–Kier alpha value is -1.30. The molecule has 1 aromatic carbocycles. The topological polar surface area (TPSA) is 0 Å². The maximum atomic E-state index is 2.40. The quantitative estimate of drug-likeness (QED) is 0.592. The van der Waals surface area contributed by atoms with E-state index in [1.54, 1.807) is 11.1 Å². The lowest BCUT2D eigenvalue weighted by molar-refractivity contribution is 0.642. The van der Waals surface area contributed by atoms with Crippen molar-refractivity contribution in [3.05, 3.63) is 52.6 Å². The number of hydrogen-bond donors (Lipinski definition) is 0. The van der Waals surface area contributed by atoms with Crippen LogP contribution in [0.4, 0.5) is 0 Å². The van der Waals surface area contributed by atoms with Crippen molar-refractivity contribution in [1.29, 1.82) is 0 Å². The van der Waals surface area contributed by atoms with Crippen LogP contribution in [0, 0.1) is 0 Å². The smallest absolute Gasteiger partial charge is 0.0158 e. The van der Waals surface area contributed by atoms with Gasteiger partial charge in [-0.15, -0.1) is 0 Å². The molecule has 0 unspecified atom stereocenters. The molecule has 0 heterocycles. The molecule has 0 N–H and O–H groups in total. The molecule has 0 heteroatoms. The van der Waals surface area contributed by atoms with E-state index in [0.717, 1.165) is 0 Å². The first-order valence-electron chi connectivity index (χ1n) is 6.13. The fourth-order valence-electron chi connectivity index (χ4n) is 3.46. The SMILES string of the molecule is CC1=CCCC2=C1C(C)(C)c1ccccc12. The summed E-state index contributed by atoms with van der Waals surface area (Å²) in [6.07, 6.45) is 4.81. The molecule has 0 amide bonds. The highest BCUT2D eigenvalue weighted by Crippen LogP contribution is 2.51. The standard InChI is InChI=1S/C16H18/c1-11-7-6-9-13-12-8-4-5-10-14(12)16(2,3)15(11)13/h4-5,7-8,10H,6,9H2,1-3H3. The molecule has 2 aliphatic rings. The molecule has 0 fully saturated rings. The van der Waals surface area contributed by atoms with Gasteiger partial charge in [-0.2, -0.15) is 0 Å². The van der Waals surface area contributed by atoms with E-state index >= 15 is 0 Å². The van der Waals surface area contributed by atoms with Crippen LogP contribution in [-0.2, 0) is 5.41 Å². The molecule has 0 radical (unpaired) electrons. The average molecular weight is 210 g/mol. The number of rotatable bonds is 0. The van der Waals surface area contributed by atoms with Crippen LogP contribution in [0.5, 0.6) is 0 Å². The first-order valence-corrected chi connectivity index (χ1v) is 6.13. The fourth-order valence-corrected chi connectivity index (χ4v) is 3.46. The van der Waals surface area contributed by atoms with Gasteiger partial charge >= 0.3 is 0 Å². The molecule has 82 valence electrons. The van der Waals surface area contributed by atoms with Crippen molar-refractivity contribution in [2.24, 2.45) is 0 Å². The van der Waals surface area contributed by atoms with Gasteiger partial charge in [0.2, 0.25) is 0 Å². The summed E-state index contributed by atoms with van der Waals surface area (Å²) in [5.74, 6) is 0. The summed E-state index contributed by atoms with van der Waals surface area (Å²) < 4.78 is 0. The second kappa shape index (κ2) is 3.10. The van der Waals surface area contributed by atoms with E-state index in [0.29, 0.717) is 0 Å². The minimum absolute atomic E-state index is 0.201. The Morgan fingerprint density at radius 2 is 1.88 bits per heavy atom. The fraction of sp³-hybridized carbons (Fsp3) is 0.375. The second-order valence-corrected chi connectivity index (χ2v) is 5.45. The molecule has 2 aliphatic carbocycles. The van der Waals surface area contributed by atoms with E-state index in [4.69, 9.17) is 0 Å². The lowest BCUT2D eigenvalue weighted by Gasteiger charge is -2.27. The average Bonchev–Trinajstić information content (AvgIpc) is 2.50. The molecule has 1 aromatic rings. The van der Waals surface area contributed by atoms with Crippen molar-refractivity contribution in [3.63, 3.8) is 0 Å². The third-order valence-electron chi connectivity index (χ3n) is 4.09. The number of hydrogen-bond acceptors (Lipinski definition) is 0. The molecular formula is C16H18. The van der Waals surface area contributed by atoms with Crippen LogP contribution >= 0.6 is 0 Å². The van der Waals surface area contributed by atoms with E-state index in [2.05, 4.69) is 51.1 Å². The van der Waals surface area contributed by atoms with Crippen molar-refractivity contribution < 1.29 is 0 Å². The first-order chi connectivity index (χ1) is 7.62. The van der Waals surface area contributed by atoms with E-state index in [-0.39, 0.29) is 5.41 Å². The van der Waals surface area contributed by atoms with Crippen molar-refractivity contribution in [2.75, 3.05) is 0 Å². The zero-order chi connectivity index (χ0) is 11.3. The number of allylic oxidation sites excluding steroid dienone is 4. The molecule has 0 nitrogen and oxygen atoms in total. The first kappa shape index (κ1) is 9.89. The molecule has 0 bridgehead atoms. The van der Waals surface area contributed by atoms with Crippen LogP contribution < -0.4 is 0 Å².